The molecule has 0 fully saturated rings. The van der Waals surface area contributed by atoms with Gasteiger partial charge in [-0.3, -0.25) is 4.79 Å². The van der Waals surface area contributed by atoms with Crippen molar-refractivity contribution in [3.63, 3.8) is 0 Å². The van der Waals surface area contributed by atoms with Crippen LogP contribution in [-0.4, -0.2) is 22.7 Å². The van der Waals surface area contributed by atoms with Crippen LogP contribution in [0.4, 0.5) is 0 Å². The highest BCUT2D eigenvalue weighted by Crippen LogP contribution is 2.14. The van der Waals surface area contributed by atoms with Gasteiger partial charge in [0.15, 0.2) is 6.39 Å². The summed E-state index contributed by atoms with van der Waals surface area (Å²) < 4.78 is 10.3. The predicted octanol–water partition coefficient (Wildman–Crippen LogP) is 3.42. The van der Waals surface area contributed by atoms with Crippen LogP contribution < -0.4 is 4.74 Å². The highest BCUT2D eigenvalue weighted by Gasteiger charge is 2.02. The molecule has 1 N–H and O–H groups in total. The normalized spacial score (nSPS) is 9.50. The van der Waals surface area contributed by atoms with Gasteiger partial charge in [-0.15, -0.1) is 0 Å². The van der Waals surface area contributed by atoms with Crippen LogP contribution >= 0.6 is 0 Å². The summed E-state index contributed by atoms with van der Waals surface area (Å²) in [4.78, 5) is 13.7. The third-order valence-corrected chi connectivity index (χ3v) is 2.18. The van der Waals surface area contributed by atoms with Gasteiger partial charge in [0, 0.05) is 6.42 Å². The van der Waals surface area contributed by atoms with Crippen molar-refractivity contribution in [3.8, 4) is 5.95 Å². The zero-order valence-corrected chi connectivity index (χ0v) is 11.4. The zero-order chi connectivity index (χ0) is 13.8. The van der Waals surface area contributed by atoms with Crippen molar-refractivity contribution in [3.05, 3.63) is 12.1 Å². The maximum Gasteiger partial charge on any atom is 0.308 e. The molecule has 0 saturated carbocycles. The number of carboxylic acids is 1. The summed E-state index contributed by atoms with van der Waals surface area (Å²) >= 11 is 0. The lowest BCUT2D eigenvalue weighted by Gasteiger charge is -1.99. The van der Waals surface area contributed by atoms with Gasteiger partial charge in [0.2, 0.25) is 0 Å². The van der Waals surface area contributed by atoms with Crippen LogP contribution in [0.1, 0.15) is 51.6 Å². The van der Waals surface area contributed by atoms with Crippen molar-refractivity contribution in [1.29, 1.82) is 0 Å². The quantitative estimate of drug-likeness (QED) is 0.758. The van der Waals surface area contributed by atoms with Gasteiger partial charge in [0.25, 0.3) is 0 Å². The van der Waals surface area contributed by atoms with E-state index in [9.17, 15) is 4.79 Å². The first-order chi connectivity index (χ1) is 8.61. The molecule has 1 aromatic rings. The second kappa shape index (κ2) is 10.6. The first kappa shape index (κ1) is 16.5. The molecular weight excluding hydrogens is 234 g/mol. The van der Waals surface area contributed by atoms with Gasteiger partial charge in [-0.25, -0.2) is 4.98 Å². The molecule has 1 heterocycles. The van der Waals surface area contributed by atoms with Crippen molar-refractivity contribution in [1.82, 2.24) is 4.98 Å². The number of ether oxygens (including phenoxy) is 1. The molecule has 5 nitrogen and oxygen atoms in total. The summed E-state index contributed by atoms with van der Waals surface area (Å²) in [6.07, 6.45) is 5.67. The number of carbonyl (C=O) groups is 1. The first-order valence-electron chi connectivity index (χ1n) is 6.36. The molecule has 0 unspecified atom stereocenters. The van der Waals surface area contributed by atoms with Crippen molar-refractivity contribution >= 4 is 5.97 Å². The summed E-state index contributed by atoms with van der Waals surface area (Å²) in [6.45, 7) is 6.68. The summed E-state index contributed by atoms with van der Waals surface area (Å²) in [5.41, 5.74) is 0.820. The summed E-state index contributed by atoms with van der Waals surface area (Å²) in [5.74, 6) is -0.139. The van der Waals surface area contributed by atoms with E-state index >= 15 is 0 Å². The standard InChI is InChI=1S/C8H13NO2.C5H10O2/c1-3-4-5-10-8-7(2)9-6-11-8;1-2-3-4-5(6)7/h6H,3-5H2,1-2H3;2-4H2,1H3,(H,6,7). The van der Waals surface area contributed by atoms with Gasteiger partial charge in [0.1, 0.15) is 5.69 Å². The van der Waals surface area contributed by atoms with Crippen LogP contribution in [0.25, 0.3) is 0 Å². The molecule has 0 saturated heterocycles. The number of hydrogen-bond donors (Lipinski definition) is 1. The van der Waals surface area contributed by atoms with E-state index in [4.69, 9.17) is 14.3 Å². The highest BCUT2D eigenvalue weighted by atomic mass is 16.6. The molecule has 0 aliphatic carbocycles. The van der Waals surface area contributed by atoms with E-state index in [-0.39, 0.29) is 0 Å². The first-order valence-corrected chi connectivity index (χ1v) is 6.36. The Labute approximate surface area is 108 Å². The highest BCUT2D eigenvalue weighted by molar-refractivity contribution is 5.66. The number of aliphatic carboxylic acids is 1. The van der Waals surface area contributed by atoms with Crippen molar-refractivity contribution in [2.24, 2.45) is 0 Å². The molecule has 0 bridgehead atoms. The fourth-order valence-corrected chi connectivity index (χ4v) is 1.07. The number of aromatic nitrogens is 1. The van der Waals surface area contributed by atoms with Gasteiger partial charge in [-0.1, -0.05) is 26.7 Å². The molecule has 0 aromatic carbocycles. The van der Waals surface area contributed by atoms with Crippen molar-refractivity contribution in [2.45, 2.75) is 52.9 Å². The topological polar surface area (TPSA) is 72.6 Å². The molecule has 0 spiro atoms. The van der Waals surface area contributed by atoms with Gasteiger partial charge in [0.05, 0.1) is 6.61 Å². The minimum atomic E-state index is -0.693. The SMILES string of the molecule is CCCCC(=O)O.CCCCOc1ocnc1C. The smallest absolute Gasteiger partial charge is 0.308 e. The number of hydrogen-bond acceptors (Lipinski definition) is 4. The molecule has 1 rings (SSSR count). The average molecular weight is 257 g/mol. The molecule has 0 aliphatic rings. The van der Waals surface area contributed by atoms with E-state index in [1.807, 2.05) is 13.8 Å². The number of nitrogens with zero attached hydrogens (tertiary/aromatic N) is 1. The molecule has 18 heavy (non-hydrogen) atoms. The number of carboxylic acid groups (broad SMARTS) is 1. The summed E-state index contributed by atoms with van der Waals surface area (Å²) in [6, 6.07) is 0. The van der Waals surface area contributed by atoms with Gasteiger partial charge in [-0.2, -0.15) is 0 Å². The largest absolute Gasteiger partial charge is 0.481 e. The lowest BCUT2D eigenvalue weighted by atomic mass is 10.3. The van der Waals surface area contributed by atoms with Gasteiger partial charge in [-0.05, 0) is 19.8 Å². The minimum absolute atomic E-state index is 0.316. The number of aryl methyl sites for hydroxylation is 1. The maximum absolute atomic E-state index is 9.76. The average Bonchev–Trinajstić information content (AvgIpc) is 2.74. The van der Waals surface area contributed by atoms with Crippen LogP contribution in [0.2, 0.25) is 0 Å². The van der Waals surface area contributed by atoms with Crippen LogP contribution in [0.15, 0.2) is 10.8 Å². The molecule has 0 amide bonds. The Morgan fingerprint density at radius 3 is 2.44 bits per heavy atom. The van der Waals surface area contributed by atoms with Gasteiger partial charge >= 0.3 is 11.9 Å². The van der Waals surface area contributed by atoms with Crippen LogP contribution in [0, 0.1) is 6.92 Å². The third kappa shape index (κ3) is 8.61. The molecule has 0 aliphatic heterocycles. The number of unbranched alkanes of at least 4 members (excludes halogenated alkanes) is 2. The van der Waals surface area contributed by atoms with E-state index in [0.717, 1.165) is 31.4 Å². The van der Waals surface area contributed by atoms with Crippen LogP contribution in [0.5, 0.6) is 5.95 Å². The fourth-order valence-electron chi connectivity index (χ4n) is 1.07. The summed E-state index contributed by atoms with van der Waals surface area (Å²) in [5, 5.41) is 8.04. The Morgan fingerprint density at radius 1 is 1.39 bits per heavy atom. The second-order valence-corrected chi connectivity index (χ2v) is 3.92. The number of oxazole rings is 1. The molecule has 104 valence electrons. The zero-order valence-electron chi connectivity index (χ0n) is 11.4. The second-order valence-electron chi connectivity index (χ2n) is 3.92. The van der Waals surface area contributed by atoms with E-state index in [0.29, 0.717) is 19.0 Å². The Bertz CT molecular complexity index is 323. The molecule has 1 aromatic heterocycles. The molecular formula is C13H23NO4. The molecule has 0 radical (unpaired) electrons. The molecule has 5 heteroatoms. The third-order valence-electron chi connectivity index (χ3n) is 2.18. The van der Waals surface area contributed by atoms with Gasteiger partial charge < -0.3 is 14.3 Å². The minimum Gasteiger partial charge on any atom is -0.481 e. The fraction of sp³-hybridized carbons (Fsp3) is 0.692. The van der Waals surface area contributed by atoms with Crippen molar-refractivity contribution < 1.29 is 19.1 Å². The monoisotopic (exact) mass is 257 g/mol. The van der Waals surface area contributed by atoms with E-state index in [1.165, 1.54) is 6.39 Å². The maximum atomic E-state index is 9.76. The Morgan fingerprint density at radius 2 is 2.06 bits per heavy atom. The number of rotatable bonds is 7. The van der Waals surface area contributed by atoms with E-state index in [1.54, 1.807) is 0 Å². The Kier molecular flexibility index (Phi) is 9.73. The molecule has 0 atom stereocenters. The van der Waals surface area contributed by atoms with Crippen LogP contribution in [-0.2, 0) is 4.79 Å². The lowest BCUT2D eigenvalue weighted by Crippen LogP contribution is -1.96. The summed E-state index contributed by atoms with van der Waals surface area (Å²) in [7, 11) is 0. The predicted molar refractivity (Wildman–Crippen MR) is 68.8 cm³/mol. The lowest BCUT2D eigenvalue weighted by molar-refractivity contribution is -0.137. The van der Waals surface area contributed by atoms with Crippen LogP contribution in [0.3, 0.4) is 0 Å². The Hall–Kier alpha value is -1.52. The Balaban J connectivity index is 0.000000360. The van der Waals surface area contributed by atoms with Crippen molar-refractivity contribution in [2.75, 3.05) is 6.61 Å². The van der Waals surface area contributed by atoms with E-state index in [2.05, 4.69) is 11.9 Å². The van der Waals surface area contributed by atoms with E-state index < -0.39 is 5.97 Å².